The van der Waals surface area contributed by atoms with Crippen LogP contribution in [-0.2, 0) is 13.6 Å². The average Bonchev–Trinajstić information content (AvgIpc) is 3.06. The summed E-state index contributed by atoms with van der Waals surface area (Å²) in [6.07, 6.45) is 5.52. The molecule has 0 aliphatic heterocycles. The molecule has 0 fully saturated rings. The van der Waals surface area contributed by atoms with Gasteiger partial charge in [0.05, 0.1) is 18.7 Å². The Balaban J connectivity index is 1.52. The number of nitrogens with zero attached hydrogens (tertiary/aromatic N) is 5. The summed E-state index contributed by atoms with van der Waals surface area (Å²) in [5.41, 5.74) is 1.96. The number of halogens is 1. The summed E-state index contributed by atoms with van der Waals surface area (Å²) in [5.74, 6) is 0.782. The van der Waals surface area contributed by atoms with Crippen molar-refractivity contribution in [2.24, 2.45) is 7.05 Å². The van der Waals surface area contributed by atoms with E-state index in [4.69, 9.17) is 11.6 Å². The van der Waals surface area contributed by atoms with Gasteiger partial charge in [-0.2, -0.15) is 5.10 Å². The maximum Gasteiger partial charge on any atom is 0.164 e. The van der Waals surface area contributed by atoms with Crippen LogP contribution in [-0.4, -0.2) is 55.5 Å². The van der Waals surface area contributed by atoms with Gasteiger partial charge >= 0.3 is 0 Å². The number of nitrogens with one attached hydrogen (secondary N) is 1. The largest absolute Gasteiger partial charge is 0.395 e. The second-order valence-electron chi connectivity index (χ2n) is 7.04. The number of anilines is 1. The highest BCUT2D eigenvalue weighted by atomic mass is 35.5. The van der Waals surface area contributed by atoms with Gasteiger partial charge in [-0.15, -0.1) is 0 Å². The molecule has 0 aliphatic carbocycles. The third-order valence-electron chi connectivity index (χ3n) is 4.65. The lowest BCUT2D eigenvalue weighted by atomic mass is 10.1. The monoisotopic (exact) mass is 402 g/mol. The number of aliphatic hydroxyl groups excluding tert-OH is 1. The van der Waals surface area contributed by atoms with Crippen molar-refractivity contribution in [1.82, 2.24) is 24.6 Å². The van der Waals surface area contributed by atoms with Crippen LogP contribution in [0.25, 0.3) is 10.9 Å². The van der Waals surface area contributed by atoms with Gasteiger partial charge in [0.25, 0.3) is 0 Å². The number of aromatic nitrogens is 4. The Kier molecular flexibility index (Phi) is 7.19. The van der Waals surface area contributed by atoms with Gasteiger partial charge in [-0.25, -0.2) is 4.98 Å². The van der Waals surface area contributed by atoms with Gasteiger partial charge in [0, 0.05) is 41.9 Å². The molecule has 3 rings (SSSR count). The fourth-order valence-electron chi connectivity index (χ4n) is 3.27. The first-order valence-electron chi connectivity index (χ1n) is 9.53. The van der Waals surface area contributed by atoms with Gasteiger partial charge < -0.3 is 10.4 Å². The zero-order chi connectivity index (χ0) is 19.9. The van der Waals surface area contributed by atoms with Crippen LogP contribution in [0.4, 0.5) is 5.69 Å². The fraction of sp³-hybridized carbons (Fsp3) is 0.450. The van der Waals surface area contributed by atoms with E-state index < -0.39 is 0 Å². The molecule has 2 aromatic heterocycles. The van der Waals surface area contributed by atoms with E-state index in [1.165, 1.54) is 0 Å². The van der Waals surface area contributed by atoms with Crippen molar-refractivity contribution in [2.75, 3.05) is 25.0 Å². The molecule has 2 N–H and O–H groups in total. The molecule has 3 aromatic rings. The van der Waals surface area contributed by atoms with Crippen LogP contribution in [0.3, 0.4) is 0 Å². The molecular weight excluding hydrogens is 376 g/mol. The molecule has 1 aromatic carbocycles. The fourth-order valence-corrected chi connectivity index (χ4v) is 3.44. The van der Waals surface area contributed by atoms with E-state index in [2.05, 4.69) is 32.2 Å². The van der Waals surface area contributed by atoms with E-state index in [0.29, 0.717) is 24.2 Å². The molecule has 8 heteroatoms. The molecule has 0 saturated heterocycles. The van der Waals surface area contributed by atoms with E-state index in [0.717, 1.165) is 41.8 Å². The molecule has 0 amide bonds. The summed E-state index contributed by atoms with van der Waals surface area (Å²) in [5, 5.41) is 19.0. The second-order valence-corrected chi connectivity index (χ2v) is 7.48. The summed E-state index contributed by atoms with van der Waals surface area (Å²) in [7, 11) is 1.86. The maximum absolute atomic E-state index is 9.33. The maximum atomic E-state index is 9.33. The Morgan fingerprint density at radius 3 is 2.86 bits per heavy atom. The van der Waals surface area contributed by atoms with Crippen LogP contribution in [0.1, 0.15) is 25.6 Å². The number of hydrogen-bond donors (Lipinski definition) is 2. The third-order valence-corrected chi connectivity index (χ3v) is 4.88. The molecule has 1 atom stereocenters. The summed E-state index contributed by atoms with van der Waals surface area (Å²) in [6.45, 7) is 4.47. The molecule has 1 unspecified atom stereocenters. The van der Waals surface area contributed by atoms with Crippen molar-refractivity contribution in [3.8, 4) is 0 Å². The van der Waals surface area contributed by atoms with E-state index >= 15 is 0 Å². The number of fused-ring (bicyclic) bond motifs is 1. The van der Waals surface area contributed by atoms with E-state index in [-0.39, 0.29) is 6.61 Å². The first-order valence-corrected chi connectivity index (χ1v) is 9.91. The minimum absolute atomic E-state index is 0.131. The van der Waals surface area contributed by atoms with E-state index in [1.54, 1.807) is 17.2 Å². The van der Waals surface area contributed by atoms with E-state index in [9.17, 15) is 5.11 Å². The summed E-state index contributed by atoms with van der Waals surface area (Å²) >= 11 is 6.07. The minimum atomic E-state index is 0.131. The molecular formula is C20H27ClN6O. The van der Waals surface area contributed by atoms with Crippen molar-refractivity contribution in [1.29, 1.82) is 0 Å². The Hall–Kier alpha value is -2.22. The van der Waals surface area contributed by atoms with Crippen LogP contribution >= 0.6 is 11.6 Å². The number of benzene rings is 1. The molecule has 150 valence electrons. The number of aryl methyl sites for hydroxylation is 1. The smallest absolute Gasteiger partial charge is 0.164 e. The molecule has 0 radical (unpaired) electrons. The highest BCUT2D eigenvalue weighted by molar-refractivity contribution is 6.31. The van der Waals surface area contributed by atoms with Crippen LogP contribution in [0.2, 0.25) is 5.02 Å². The molecule has 2 heterocycles. The van der Waals surface area contributed by atoms with Crippen LogP contribution in [0.15, 0.2) is 36.8 Å². The van der Waals surface area contributed by atoms with Crippen molar-refractivity contribution in [3.63, 3.8) is 0 Å². The Morgan fingerprint density at radius 1 is 1.25 bits per heavy atom. The van der Waals surface area contributed by atoms with Crippen LogP contribution < -0.4 is 5.32 Å². The number of aliphatic hydroxyl groups is 1. The Morgan fingerprint density at radius 2 is 2.11 bits per heavy atom. The van der Waals surface area contributed by atoms with Crippen LogP contribution in [0, 0.1) is 0 Å². The minimum Gasteiger partial charge on any atom is -0.395 e. The van der Waals surface area contributed by atoms with Crippen molar-refractivity contribution >= 4 is 28.2 Å². The quantitative estimate of drug-likeness (QED) is 0.542. The first kappa shape index (κ1) is 20.5. The number of rotatable bonds is 10. The van der Waals surface area contributed by atoms with Gasteiger partial charge in [-0.05, 0) is 50.6 Å². The predicted octanol–water partition coefficient (Wildman–Crippen LogP) is 3.09. The van der Waals surface area contributed by atoms with Gasteiger partial charge in [0.2, 0.25) is 0 Å². The standard InChI is InChI=1S/C20H27ClN6O/c1-15(24-18-7-8-22-19-12-16(21)5-6-17(18)19)4-3-9-27(10-11-28)13-20-23-14-26(2)25-20/h5-8,12,14-15,28H,3-4,9-11,13H2,1-2H3,(H,22,24). The van der Waals surface area contributed by atoms with Gasteiger partial charge in [-0.1, -0.05) is 11.6 Å². The predicted molar refractivity (Wildman–Crippen MR) is 112 cm³/mol. The molecule has 28 heavy (non-hydrogen) atoms. The summed E-state index contributed by atoms with van der Waals surface area (Å²) in [4.78, 5) is 10.8. The van der Waals surface area contributed by atoms with Gasteiger partial charge in [0.15, 0.2) is 5.82 Å². The lowest BCUT2D eigenvalue weighted by Crippen LogP contribution is -2.29. The van der Waals surface area contributed by atoms with Crippen molar-refractivity contribution < 1.29 is 5.11 Å². The summed E-state index contributed by atoms with van der Waals surface area (Å²) < 4.78 is 1.70. The summed E-state index contributed by atoms with van der Waals surface area (Å²) in [6, 6.07) is 8.08. The molecule has 7 nitrogen and oxygen atoms in total. The Labute approximate surface area is 170 Å². The zero-order valence-electron chi connectivity index (χ0n) is 16.3. The van der Waals surface area contributed by atoms with E-state index in [1.807, 2.05) is 31.3 Å². The molecule has 0 bridgehead atoms. The molecule has 0 saturated carbocycles. The van der Waals surface area contributed by atoms with Crippen LogP contribution in [0.5, 0.6) is 0 Å². The normalized spacial score (nSPS) is 12.6. The number of pyridine rings is 1. The SMILES string of the molecule is CC(CCCN(CCO)Cc1ncn(C)n1)Nc1ccnc2cc(Cl)ccc12. The lowest BCUT2D eigenvalue weighted by Gasteiger charge is -2.22. The molecule has 0 spiro atoms. The second kappa shape index (κ2) is 9.82. The van der Waals surface area contributed by atoms with Gasteiger partial charge in [-0.3, -0.25) is 14.6 Å². The topological polar surface area (TPSA) is 79.1 Å². The molecule has 0 aliphatic rings. The first-order chi connectivity index (χ1) is 13.5. The van der Waals surface area contributed by atoms with Crippen molar-refractivity contribution in [2.45, 2.75) is 32.4 Å². The average molecular weight is 403 g/mol. The zero-order valence-corrected chi connectivity index (χ0v) is 17.1. The number of hydrogen-bond acceptors (Lipinski definition) is 6. The highest BCUT2D eigenvalue weighted by Gasteiger charge is 2.11. The highest BCUT2D eigenvalue weighted by Crippen LogP contribution is 2.25. The lowest BCUT2D eigenvalue weighted by molar-refractivity contribution is 0.184. The van der Waals surface area contributed by atoms with Gasteiger partial charge in [0.1, 0.15) is 6.33 Å². The van der Waals surface area contributed by atoms with Crippen molar-refractivity contribution in [3.05, 3.63) is 47.6 Å². The third kappa shape index (κ3) is 5.64. The Bertz CT molecular complexity index is 899.